The molecular formula is C19H26N4S. The quantitative estimate of drug-likeness (QED) is 0.636. The van der Waals surface area contributed by atoms with Crippen LogP contribution in [0.2, 0.25) is 0 Å². The lowest BCUT2D eigenvalue weighted by molar-refractivity contribution is 0.297. The van der Waals surface area contributed by atoms with Crippen molar-refractivity contribution in [3.63, 3.8) is 0 Å². The van der Waals surface area contributed by atoms with Gasteiger partial charge in [-0.25, -0.2) is 4.98 Å². The molecule has 4 rings (SSSR count). The van der Waals surface area contributed by atoms with E-state index in [4.69, 9.17) is 0 Å². The van der Waals surface area contributed by atoms with Crippen LogP contribution in [0, 0.1) is 19.8 Å². The summed E-state index contributed by atoms with van der Waals surface area (Å²) in [6, 6.07) is 0. The number of hydrogen-bond donors (Lipinski definition) is 0. The van der Waals surface area contributed by atoms with Gasteiger partial charge in [-0.3, -0.25) is 4.40 Å². The van der Waals surface area contributed by atoms with Crippen LogP contribution in [0.15, 0.2) is 6.33 Å². The Balaban J connectivity index is 1.63. The number of hydrogen-bond acceptors (Lipinski definition) is 4. The molecule has 1 aliphatic carbocycles. The van der Waals surface area contributed by atoms with E-state index in [0.29, 0.717) is 5.92 Å². The van der Waals surface area contributed by atoms with Crippen molar-refractivity contribution in [2.45, 2.75) is 71.6 Å². The molecule has 0 amide bonds. The Hall–Kier alpha value is -1.49. The smallest absolute Gasteiger partial charge is 0.172 e. The SMILES string of the molecule is CCCCC1CCC(c2nnc3c4c(C)c(C)sc4ncn23)CC1. The molecule has 1 saturated carbocycles. The van der Waals surface area contributed by atoms with Gasteiger partial charge < -0.3 is 0 Å². The maximum absolute atomic E-state index is 4.68. The van der Waals surface area contributed by atoms with E-state index in [1.54, 1.807) is 11.3 Å². The second-order valence-corrected chi connectivity index (χ2v) is 8.52. The van der Waals surface area contributed by atoms with Crippen molar-refractivity contribution < 1.29 is 0 Å². The maximum Gasteiger partial charge on any atom is 0.172 e. The fourth-order valence-corrected chi connectivity index (χ4v) is 5.13. The standard InChI is InChI=1S/C19H26N4S/c1-4-5-6-14-7-9-15(10-8-14)17-21-22-18-16-12(2)13(3)24-19(16)20-11-23(17)18/h11,14-15H,4-10H2,1-3H3. The number of rotatable bonds is 4. The van der Waals surface area contributed by atoms with Crippen molar-refractivity contribution in [3.8, 4) is 0 Å². The molecule has 3 aromatic rings. The summed E-state index contributed by atoms with van der Waals surface area (Å²) in [5.74, 6) is 2.58. The summed E-state index contributed by atoms with van der Waals surface area (Å²) in [4.78, 5) is 7.08. The first-order valence-electron chi connectivity index (χ1n) is 9.28. The van der Waals surface area contributed by atoms with Crippen LogP contribution < -0.4 is 0 Å². The van der Waals surface area contributed by atoms with E-state index < -0.39 is 0 Å². The average Bonchev–Trinajstić information content (AvgIpc) is 3.15. The number of thiophene rings is 1. The third-order valence-corrected chi connectivity index (χ3v) is 6.90. The average molecular weight is 343 g/mol. The molecule has 0 aliphatic heterocycles. The largest absolute Gasteiger partial charge is 0.268 e. The molecule has 0 bridgehead atoms. The number of aryl methyl sites for hydroxylation is 2. The molecule has 24 heavy (non-hydrogen) atoms. The minimum atomic E-state index is 0.539. The van der Waals surface area contributed by atoms with Crippen LogP contribution in [-0.4, -0.2) is 19.6 Å². The Morgan fingerprint density at radius 1 is 1.17 bits per heavy atom. The molecule has 5 heteroatoms. The molecule has 128 valence electrons. The zero-order valence-electron chi connectivity index (χ0n) is 14.9. The summed E-state index contributed by atoms with van der Waals surface area (Å²) in [5.41, 5.74) is 2.29. The minimum Gasteiger partial charge on any atom is -0.268 e. The molecule has 0 aromatic carbocycles. The highest BCUT2D eigenvalue weighted by atomic mass is 32.1. The summed E-state index contributed by atoms with van der Waals surface area (Å²) >= 11 is 1.75. The van der Waals surface area contributed by atoms with Crippen molar-refractivity contribution in [2.24, 2.45) is 5.92 Å². The number of fused-ring (bicyclic) bond motifs is 3. The van der Waals surface area contributed by atoms with E-state index in [1.165, 1.54) is 60.8 Å². The number of unbranched alkanes of at least 4 members (excludes halogenated alkanes) is 1. The molecule has 0 spiro atoms. The number of aromatic nitrogens is 4. The van der Waals surface area contributed by atoms with Gasteiger partial charge in [-0.2, -0.15) is 0 Å². The van der Waals surface area contributed by atoms with Crippen LogP contribution >= 0.6 is 11.3 Å². The van der Waals surface area contributed by atoms with Crippen LogP contribution in [0.5, 0.6) is 0 Å². The normalized spacial score (nSPS) is 21.8. The van der Waals surface area contributed by atoms with E-state index in [0.717, 1.165) is 22.2 Å². The van der Waals surface area contributed by atoms with Gasteiger partial charge in [0, 0.05) is 10.8 Å². The first kappa shape index (κ1) is 16.0. The first-order valence-corrected chi connectivity index (χ1v) is 10.1. The molecule has 0 N–H and O–H groups in total. The van der Waals surface area contributed by atoms with Gasteiger partial charge >= 0.3 is 0 Å². The summed E-state index contributed by atoms with van der Waals surface area (Å²) in [6.07, 6.45) is 11.2. The van der Waals surface area contributed by atoms with Crippen LogP contribution in [0.1, 0.15) is 74.1 Å². The third kappa shape index (κ3) is 2.63. The monoisotopic (exact) mass is 342 g/mol. The molecule has 4 nitrogen and oxygen atoms in total. The lowest BCUT2D eigenvalue weighted by Gasteiger charge is -2.27. The molecule has 0 unspecified atom stereocenters. The topological polar surface area (TPSA) is 43.1 Å². The first-order chi connectivity index (χ1) is 11.7. The van der Waals surface area contributed by atoms with Crippen molar-refractivity contribution >= 4 is 27.2 Å². The van der Waals surface area contributed by atoms with Gasteiger partial charge in [0.1, 0.15) is 17.0 Å². The molecule has 1 aliphatic rings. The zero-order valence-corrected chi connectivity index (χ0v) is 15.7. The number of nitrogens with zero attached hydrogens (tertiary/aromatic N) is 4. The molecule has 0 radical (unpaired) electrons. The Bertz CT molecular complexity index is 855. The van der Waals surface area contributed by atoms with Crippen molar-refractivity contribution in [2.75, 3.05) is 0 Å². The van der Waals surface area contributed by atoms with Gasteiger partial charge in [0.25, 0.3) is 0 Å². The lowest BCUT2D eigenvalue weighted by atomic mass is 9.79. The predicted octanol–water partition coefficient (Wildman–Crippen LogP) is 5.42. The van der Waals surface area contributed by atoms with Gasteiger partial charge in [-0.15, -0.1) is 21.5 Å². The van der Waals surface area contributed by atoms with Crippen molar-refractivity contribution in [1.82, 2.24) is 19.6 Å². The zero-order chi connectivity index (χ0) is 16.7. The Morgan fingerprint density at radius 2 is 1.96 bits per heavy atom. The van der Waals surface area contributed by atoms with Crippen LogP contribution in [0.25, 0.3) is 15.9 Å². The Kier molecular flexibility index (Phi) is 4.29. The van der Waals surface area contributed by atoms with E-state index >= 15 is 0 Å². The van der Waals surface area contributed by atoms with Crippen LogP contribution in [0.4, 0.5) is 0 Å². The fourth-order valence-electron chi connectivity index (χ4n) is 4.14. The van der Waals surface area contributed by atoms with Gasteiger partial charge in [0.05, 0.1) is 5.39 Å². The summed E-state index contributed by atoms with van der Waals surface area (Å²) < 4.78 is 2.15. The second kappa shape index (κ2) is 6.43. The minimum absolute atomic E-state index is 0.539. The second-order valence-electron chi connectivity index (χ2n) is 7.32. The van der Waals surface area contributed by atoms with Crippen LogP contribution in [0.3, 0.4) is 0 Å². The molecular weight excluding hydrogens is 316 g/mol. The molecule has 3 heterocycles. The molecule has 0 saturated heterocycles. The Labute approximate surface area is 147 Å². The third-order valence-electron chi connectivity index (χ3n) is 5.78. The molecule has 1 fully saturated rings. The predicted molar refractivity (Wildman–Crippen MR) is 99.9 cm³/mol. The Morgan fingerprint density at radius 3 is 2.71 bits per heavy atom. The maximum atomic E-state index is 4.68. The summed E-state index contributed by atoms with van der Waals surface area (Å²) in [5, 5.41) is 10.3. The van der Waals surface area contributed by atoms with E-state index in [1.807, 2.05) is 6.33 Å². The van der Waals surface area contributed by atoms with Crippen molar-refractivity contribution in [3.05, 3.63) is 22.6 Å². The summed E-state index contributed by atoms with van der Waals surface area (Å²) in [7, 11) is 0. The fraction of sp³-hybridized carbons (Fsp3) is 0.632. The van der Waals surface area contributed by atoms with Gasteiger partial charge in [-0.1, -0.05) is 26.2 Å². The van der Waals surface area contributed by atoms with Gasteiger partial charge in [-0.05, 0) is 51.0 Å². The van der Waals surface area contributed by atoms with Crippen LogP contribution in [-0.2, 0) is 0 Å². The van der Waals surface area contributed by atoms with E-state index in [-0.39, 0.29) is 0 Å². The molecule has 0 atom stereocenters. The molecule has 3 aromatic heterocycles. The summed E-state index contributed by atoms with van der Waals surface area (Å²) in [6.45, 7) is 6.62. The van der Waals surface area contributed by atoms with Crippen molar-refractivity contribution in [1.29, 1.82) is 0 Å². The highest BCUT2D eigenvalue weighted by molar-refractivity contribution is 7.18. The highest BCUT2D eigenvalue weighted by Gasteiger charge is 2.26. The van der Waals surface area contributed by atoms with E-state index in [9.17, 15) is 0 Å². The van der Waals surface area contributed by atoms with Gasteiger partial charge in [0.2, 0.25) is 0 Å². The van der Waals surface area contributed by atoms with E-state index in [2.05, 4.69) is 40.4 Å². The highest BCUT2D eigenvalue weighted by Crippen LogP contribution is 2.38. The van der Waals surface area contributed by atoms with Gasteiger partial charge in [0.15, 0.2) is 5.65 Å². The lowest BCUT2D eigenvalue weighted by Crippen LogP contribution is -2.15.